The highest BCUT2D eigenvalue weighted by atomic mass is 32.1. The number of hydrogen-bond acceptors (Lipinski definition) is 4. The van der Waals surface area contributed by atoms with Crippen molar-refractivity contribution in [3.05, 3.63) is 140 Å². The number of benzene rings is 4. The van der Waals surface area contributed by atoms with Crippen molar-refractivity contribution < 1.29 is 4.57 Å². The van der Waals surface area contributed by atoms with Crippen LogP contribution in [-0.2, 0) is 4.57 Å². The molecule has 0 N–H and O–H groups in total. The minimum Gasteiger partial charge on any atom is -0.309 e. The molecule has 0 saturated heterocycles. The Labute approximate surface area is 230 Å². The van der Waals surface area contributed by atoms with Gasteiger partial charge in [-0.25, -0.2) is 4.98 Å². The van der Waals surface area contributed by atoms with Crippen molar-refractivity contribution in [1.29, 1.82) is 0 Å². The van der Waals surface area contributed by atoms with E-state index in [9.17, 15) is 4.57 Å². The van der Waals surface area contributed by atoms with Crippen LogP contribution in [0.4, 0.5) is 0 Å². The van der Waals surface area contributed by atoms with Crippen LogP contribution in [0, 0.1) is 0 Å². The summed E-state index contributed by atoms with van der Waals surface area (Å²) in [5.74, 6) is 0. The van der Waals surface area contributed by atoms with Gasteiger partial charge in [0.05, 0.1) is 17.1 Å². The van der Waals surface area contributed by atoms with Crippen molar-refractivity contribution >= 4 is 54.6 Å². The van der Waals surface area contributed by atoms with Crippen LogP contribution in [0.2, 0.25) is 0 Å². The molecule has 7 rings (SSSR count). The highest BCUT2D eigenvalue weighted by Crippen LogP contribution is 2.44. The molecule has 4 aromatic carbocycles. The van der Waals surface area contributed by atoms with Crippen molar-refractivity contribution in [3.8, 4) is 22.6 Å². The summed E-state index contributed by atoms with van der Waals surface area (Å²) < 4.78 is 17.3. The van der Waals surface area contributed by atoms with Gasteiger partial charge >= 0.3 is 0 Å². The Morgan fingerprint density at radius 2 is 1.13 bits per heavy atom. The third kappa shape index (κ3) is 4.19. The Bertz CT molecular complexity index is 1940. The second-order valence-electron chi connectivity index (χ2n) is 9.40. The van der Waals surface area contributed by atoms with E-state index >= 15 is 0 Å². The molecule has 0 saturated carbocycles. The molecule has 5 heteroatoms. The first-order chi connectivity index (χ1) is 19.2. The van der Waals surface area contributed by atoms with Gasteiger partial charge in [0.25, 0.3) is 0 Å². The topological polar surface area (TPSA) is 42.9 Å². The van der Waals surface area contributed by atoms with Gasteiger partial charge in [0.2, 0.25) is 0 Å². The molecule has 3 aromatic heterocycles. The Morgan fingerprint density at radius 3 is 1.82 bits per heavy atom. The summed E-state index contributed by atoms with van der Waals surface area (Å²) in [5, 5.41) is 4.78. The predicted octanol–water partition coefficient (Wildman–Crippen LogP) is 7.82. The summed E-state index contributed by atoms with van der Waals surface area (Å²) in [6.07, 6.45) is 1.79. The van der Waals surface area contributed by atoms with Gasteiger partial charge < -0.3 is 4.57 Å². The fraction of sp³-hybridized carbons (Fsp3) is 0. The zero-order chi connectivity index (χ0) is 26.2. The largest absolute Gasteiger partial charge is 0.309 e. The summed E-state index contributed by atoms with van der Waals surface area (Å²) in [6, 6.07) is 44.4. The highest BCUT2D eigenvalue weighted by Gasteiger charge is 2.30. The number of hydrogen-bond donors (Lipinski definition) is 0. The van der Waals surface area contributed by atoms with Gasteiger partial charge in [-0.1, -0.05) is 78.9 Å². The highest BCUT2D eigenvalue weighted by molar-refractivity contribution is 7.85. The molecule has 0 aliphatic carbocycles. The summed E-state index contributed by atoms with van der Waals surface area (Å²) in [6.45, 7) is 0. The molecule has 0 unspecified atom stereocenters. The standard InChI is InChI=1S/C34H23N2OPS/c37-38(25-10-3-1-4-11-25,26-12-5-2-6-13-26)27-18-20-34-29(23-27)28-22-24(17-19-33(28)39-34)30-15-9-16-32(36-30)31-14-7-8-21-35-31/h1-23H. The van der Waals surface area contributed by atoms with Crippen LogP contribution in [0.5, 0.6) is 0 Å². The molecule has 0 radical (unpaired) electrons. The maximum Gasteiger partial charge on any atom is 0.171 e. The molecule has 3 heterocycles. The van der Waals surface area contributed by atoms with Crippen molar-refractivity contribution in [1.82, 2.24) is 9.97 Å². The molecule has 0 aliphatic heterocycles. The van der Waals surface area contributed by atoms with Crippen molar-refractivity contribution in [2.75, 3.05) is 0 Å². The second-order valence-corrected chi connectivity index (χ2v) is 13.2. The molecule has 0 atom stereocenters. The van der Waals surface area contributed by atoms with E-state index in [0.29, 0.717) is 0 Å². The lowest BCUT2D eigenvalue weighted by Crippen LogP contribution is -2.24. The number of aromatic nitrogens is 2. The monoisotopic (exact) mass is 538 g/mol. The van der Waals surface area contributed by atoms with Crippen molar-refractivity contribution in [2.24, 2.45) is 0 Å². The van der Waals surface area contributed by atoms with Crippen LogP contribution in [0.15, 0.2) is 140 Å². The molecule has 0 bridgehead atoms. The first-order valence-electron chi connectivity index (χ1n) is 12.8. The van der Waals surface area contributed by atoms with Crippen molar-refractivity contribution in [2.45, 2.75) is 0 Å². The summed E-state index contributed by atoms with van der Waals surface area (Å²) in [4.78, 5) is 9.38. The van der Waals surface area contributed by atoms with E-state index in [1.165, 1.54) is 9.40 Å². The molecular formula is C34H23N2OPS. The Balaban J connectivity index is 1.39. The minimum absolute atomic E-state index is 0.839. The molecule has 0 amide bonds. The van der Waals surface area contributed by atoms with Crippen molar-refractivity contribution in [3.63, 3.8) is 0 Å². The number of thiophene rings is 1. The van der Waals surface area contributed by atoms with Crippen LogP contribution in [0.25, 0.3) is 42.8 Å². The summed E-state index contributed by atoms with van der Waals surface area (Å²) in [5.41, 5.74) is 3.63. The Hall–Kier alpha value is -4.37. The number of fused-ring (bicyclic) bond motifs is 3. The fourth-order valence-electron chi connectivity index (χ4n) is 5.10. The van der Waals surface area contributed by atoms with Gasteiger partial charge in [0, 0.05) is 47.8 Å². The van der Waals surface area contributed by atoms with E-state index in [-0.39, 0.29) is 0 Å². The molecule has 0 spiro atoms. The fourth-order valence-corrected chi connectivity index (χ4v) is 8.84. The van der Waals surface area contributed by atoms with E-state index < -0.39 is 7.14 Å². The lowest BCUT2D eigenvalue weighted by Gasteiger charge is -2.20. The molecule has 0 aliphatic rings. The summed E-state index contributed by atoms with van der Waals surface area (Å²) >= 11 is 1.76. The lowest BCUT2D eigenvalue weighted by atomic mass is 10.1. The average Bonchev–Trinajstić information content (AvgIpc) is 3.39. The van der Waals surface area contributed by atoms with Crippen LogP contribution < -0.4 is 15.9 Å². The van der Waals surface area contributed by atoms with Gasteiger partial charge in [-0.3, -0.25) is 4.98 Å². The molecular weight excluding hydrogens is 515 g/mol. The third-order valence-corrected chi connectivity index (χ3v) is 11.2. The first kappa shape index (κ1) is 23.7. The smallest absolute Gasteiger partial charge is 0.171 e. The van der Waals surface area contributed by atoms with Gasteiger partial charge in [-0.05, 0) is 54.6 Å². The zero-order valence-corrected chi connectivity index (χ0v) is 22.6. The van der Waals surface area contributed by atoms with Gasteiger partial charge in [0.1, 0.15) is 0 Å². The average molecular weight is 539 g/mol. The Kier molecular flexibility index (Phi) is 5.93. The minimum atomic E-state index is -3.06. The van der Waals surface area contributed by atoms with E-state index in [1.54, 1.807) is 17.5 Å². The van der Waals surface area contributed by atoms with Crippen LogP contribution in [-0.4, -0.2) is 9.97 Å². The number of nitrogens with zero attached hydrogens (tertiary/aromatic N) is 2. The molecule has 3 nitrogen and oxygen atoms in total. The van der Waals surface area contributed by atoms with Crippen LogP contribution >= 0.6 is 18.5 Å². The molecule has 39 heavy (non-hydrogen) atoms. The third-order valence-electron chi connectivity index (χ3n) is 7.03. The van der Waals surface area contributed by atoms with E-state index in [4.69, 9.17) is 4.98 Å². The number of pyridine rings is 2. The van der Waals surface area contributed by atoms with Gasteiger partial charge in [0.15, 0.2) is 7.14 Å². The van der Waals surface area contributed by atoms with E-state index in [0.717, 1.165) is 49.3 Å². The first-order valence-corrected chi connectivity index (χ1v) is 15.3. The quantitative estimate of drug-likeness (QED) is 0.210. The zero-order valence-electron chi connectivity index (χ0n) is 20.9. The second kappa shape index (κ2) is 9.74. The van der Waals surface area contributed by atoms with E-state index in [1.807, 2.05) is 103 Å². The van der Waals surface area contributed by atoms with Gasteiger partial charge in [-0.2, -0.15) is 0 Å². The van der Waals surface area contributed by atoms with Crippen LogP contribution in [0.1, 0.15) is 0 Å². The van der Waals surface area contributed by atoms with Gasteiger partial charge in [-0.15, -0.1) is 11.3 Å². The SMILES string of the molecule is O=P(c1ccccc1)(c1ccccc1)c1ccc2sc3ccc(-c4cccc(-c5ccccn5)n4)cc3c2c1. The number of rotatable bonds is 5. The normalized spacial score (nSPS) is 11.7. The van der Waals surface area contributed by atoms with Crippen LogP contribution in [0.3, 0.4) is 0 Å². The predicted molar refractivity (Wildman–Crippen MR) is 165 cm³/mol. The molecule has 186 valence electrons. The summed E-state index contributed by atoms with van der Waals surface area (Å²) in [7, 11) is -3.06. The Morgan fingerprint density at radius 1 is 0.513 bits per heavy atom. The maximum absolute atomic E-state index is 15.0. The van der Waals surface area contributed by atoms with E-state index in [2.05, 4.69) is 35.3 Å². The molecule has 7 aromatic rings. The molecule has 0 fully saturated rings. The maximum atomic E-state index is 15.0. The lowest BCUT2D eigenvalue weighted by molar-refractivity contribution is 0.592.